The Morgan fingerprint density at radius 3 is 2.91 bits per heavy atom. The summed E-state index contributed by atoms with van der Waals surface area (Å²) in [6.45, 7) is 0.811. The number of amides is 1. The number of carboxylic acid groups (broad SMARTS) is 1. The third-order valence-electron chi connectivity index (χ3n) is 4.25. The minimum atomic E-state index is -0.825. The Labute approximate surface area is 142 Å². The maximum atomic E-state index is 12.9. The number of aliphatic carboxylic acids is 1. The number of nitrogens with zero attached hydrogens (tertiary/aromatic N) is 1. The van der Waals surface area contributed by atoms with Gasteiger partial charge in [-0.05, 0) is 53.7 Å². The molecular weight excluding hydrogens is 366 g/mol. The first-order valence-electron chi connectivity index (χ1n) is 7.68. The first-order valence-corrected chi connectivity index (χ1v) is 8.47. The zero-order valence-electron chi connectivity index (χ0n) is 12.6. The molecule has 3 rings (SSSR count). The quantitative estimate of drug-likeness (QED) is 0.864. The summed E-state index contributed by atoms with van der Waals surface area (Å²) in [6.07, 6.45) is 3.40. The molecule has 2 heterocycles. The van der Waals surface area contributed by atoms with E-state index < -0.39 is 5.97 Å². The molecule has 1 fully saturated rings. The minimum Gasteiger partial charge on any atom is -0.481 e. The second-order valence-electron chi connectivity index (χ2n) is 5.77. The van der Waals surface area contributed by atoms with Crippen molar-refractivity contribution in [3.63, 3.8) is 0 Å². The molecule has 0 spiro atoms. The highest BCUT2D eigenvalue weighted by Gasteiger charge is 2.29. The molecule has 124 valence electrons. The van der Waals surface area contributed by atoms with Crippen molar-refractivity contribution in [2.24, 2.45) is 0 Å². The average Bonchev–Trinajstić information content (AvgIpc) is 3.01. The van der Waals surface area contributed by atoms with Crippen LogP contribution in [0.4, 0.5) is 0 Å². The standard InChI is InChI=1S/C16H18BrNO5/c17-12-7-10(8-13-15(12)23-9-22-13)16(21)18-6-2-1-3-11(18)4-5-14(19)20/h7-8,11H,1-6,9H2,(H,19,20). The zero-order valence-corrected chi connectivity index (χ0v) is 14.2. The topological polar surface area (TPSA) is 76.1 Å². The lowest BCUT2D eigenvalue weighted by atomic mass is 9.97. The van der Waals surface area contributed by atoms with Crippen LogP contribution in [0.15, 0.2) is 16.6 Å². The molecule has 0 radical (unpaired) electrons. The molecule has 1 saturated heterocycles. The largest absolute Gasteiger partial charge is 0.481 e. The van der Waals surface area contributed by atoms with Crippen LogP contribution in [0.2, 0.25) is 0 Å². The smallest absolute Gasteiger partial charge is 0.303 e. The summed E-state index contributed by atoms with van der Waals surface area (Å²) in [5, 5.41) is 8.89. The SMILES string of the molecule is O=C(O)CCC1CCCCN1C(=O)c1cc(Br)c2c(c1)OCO2. The summed E-state index contributed by atoms with van der Waals surface area (Å²) in [4.78, 5) is 25.5. The van der Waals surface area contributed by atoms with E-state index in [1.54, 1.807) is 17.0 Å². The maximum Gasteiger partial charge on any atom is 0.303 e. The Kier molecular flexibility index (Phi) is 4.75. The first-order chi connectivity index (χ1) is 11.1. The van der Waals surface area contributed by atoms with E-state index >= 15 is 0 Å². The molecule has 1 atom stereocenters. The van der Waals surface area contributed by atoms with Gasteiger partial charge in [0.25, 0.3) is 5.91 Å². The number of carboxylic acids is 1. The first kappa shape index (κ1) is 16.1. The van der Waals surface area contributed by atoms with Crippen molar-refractivity contribution >= 4 is 27.8 Å². The number of ether oxygens (including phenoxy) is 2. The lowest BCUT2D eigenvalue weighted by Gasteiger charge is -2.35. The van der Waals surface area contributed by atoms with Crippen molar-refractivity contribution in [1.29, 1.82) is 0 Å². The third kappa shape index (κ3) is 3.44. The van der Waals surface area contributed by atoms with E-state index in [0.717, 1.165) is 19.3 Å². The molecule has 1 amide bonds. The summed E-state index contributed by atoms with van der Waals surface area (Å²) in [6, 6.07) is 3.41. The van der Waals surface area contributed by atoms with Crippen molar-refractivity contribution in [2.45, 2.75) is 38.1 Å². The molecule has 0 bridgehead atoms. The summed E-state index contributed by atoms with van der Waals surface area (Å²) in [7, 11) is 0. The lowest BCUT2D eigenvalue weighted by molar-refractivity contribution is -0.137. The van der Waals surface area contributed by atoms with Crippen LogP contribution in [-0.4, -0.2) is 41.3 Å². The van der Waals surface area contributed by atoms with Crippen molar-refractivity contribution in [3.8, 4) is 11.5 Å². The Balaban J connectivity index is 1.80. The Morgan fingerprint density at radius 1 is 1.30 bits per heavy atom. The van der Waals surface area contributed by atoms with Gasteiger partial charge in [0.1, 0.15) is 0 Å². The molecule has 0 aromatic heterocycles. The van der Waals surface area contributed by atoms with Crippen LogP contribution >= 0.6 is 15.9 Å². The number of benzene rings is 1. The zero-order chi connectivity index (χ0) is 16.4. The lowest BCUT2D eigenvalue weighted by Crippen LogP contribution is -2.44. The van der Waals surface area contributed by atoms with Gasteiger partial charge in [0.2, 0.25) is 6.79 Å². The fourth-order valence-corrected chi connectivity index (χ4v) is 3.67. The van der Waals surface area contributed by atoms with Gasteiger partial charge in [-0.25, -0.2) is 0 Å². The van der Waals surface area contributed by atoms with Crippen LogP contribution in [0.25, 0.3) is 0 Å². The van der Waals surface area contributed by atoms with Crippen molar-refractivity contribution in [1.82, 2.24) is 4.90 Å². The van der Waals surface area contributed by atoms with E-state index in [2.05, 4.69) is 15.9 Å². The Hall–Kier alpha value is -1.76. The molecule has 0 saturated carbocycles. The molecule has 7 heteroatoms. The van der Waals surface area contributed by atoms with Gasteiger partial charge in [-0.2, -0.15) is 0 Å². The number of likely N-dealkylation sites (tertiary alicyclic amines) is 1. The molecular formula is C16H18BrNO5. The van der Waals surface area contributed by atoms with Crippen LogP contribution in [0.3, 0.4) is 0 Å². The average molecular weight is 384 g/mol. The van der Waals surface area contributed by atoms with Crippen molar-refractivity contribution in [3.05, 3.63) is 22.2 Å². The molecule has 2 aliphatic rings. The summed E-state index contributed by atoms with van der Waals surface area (Å²) in [5.41, 5.74) is 0.531. The maximum absolute atomic E-state index is 12.9. The predicted molar refractivity (Wildman–Crippen MR) is 85.8 cm³/mol. The number of carbonyl (C=O) groups is 2. The van der Waals surface area contributed by atoms with Crippen LogP contribution in [0.5, 0.6) is 11.5 Å². The minimum absolute atomic E-state index is 0.0171. The number of rotatable bonds is 4. The molecule has 0 aliphatic carbocycles. The highest BCUT2D eigenvalue weighted by atomic mass is 79.9. The number of halogens is 1. The van der Waals surface area contributed by atoms with Gasteiger partial charge in [-0.1, -0.05) is 0 Å². The number of fused-ring (bicyclic) bond motifs is 1. The third-order valence-corrected chi connectivity index (χ3v) is 4.84. The Morgan fingerprint density at radius 2 is 2.13 bits per heavy atom. The summed E-state index contributed by atoms with van der Waals surface area (Å²) >= 11 is 3.40. The van der Waals surface area contributed by atoms with Crippen molar-refractivity contribution in [2.75, 3.05) is 13.3 Å². The summed E-state index contributed by atoms with van der Waals surface area (Å²) in [5.74, 6) is 0.261. The van der Waals surface area contributed by atoms with E-state index in [1.807, 2.05) is 0 Å². The number of hydrogen-bond acceptors (Lipinski definition) is 4. The van der Waals surface area contributed by atoms with Crippen molar-refractivity contribution < 1.29 is 24.2 Å². The van der Waals surface area contributed by atoms with Crippen LogP contribution < -0.4 is 9.47 Å². The highest BCUT2D eigenvalue weighted by molar-refractivity contribution is 9.10. The van der Waals surface area contributed by atoms with E-state index in [9.17, 15) is 9.59 Å². The highest BCUT2D eigenvalue weighted by Crippen LogP contribution is 2.40. The van der Waals surface area contributed by atoms with Gasteiger partial charge in [-0.15, -0.1) is 0 Å². The predicted octanol–water partition coefficient (Wildman–Crippen LogP) is 3.04. The van der Waals surface area contributed by atoms with E-state index in [4.69, 9.17) is 14.6 Å². The second-order valence-corrected chi connectivity index (χ2v) is 6.63. The fourth-order valence-electron chi connectivity index (χ4n) is 3.11. The monoisotopic (exact) mass is 383 g/mol. The molecule has 23 heavy (non-hydrogen) atoms. The van der Waals surface area contributed by atoms with Gasteiger partial charge in [0.15, 0.2) is 11.5 Å². The van der Waals surface area contributed by atoms with Gasteiger partial charge in [-0.3, -0.25) is 9.59 Å². The molecule has 1 N–H and O–H groups in total. The normalized spacial score (nSPS) is 19.7. The molecule has 6 nitrogen and oxygen atoms in total. The van der Waals surface area contributed by atoms with Gasteiger partial charge in [0, 0.05) is 24.6 Å². The van der Waals surface area contributed by atoms with Crippen LogP contribution in [0.1, 0.15) is 42.5 Å². The fraction of sp³-hybridized carbons (Fsp3) is 0.500. The number of carbonyl (C=O) groups excluding carboxylic acids is 1. The van der Waals surface area contributed by atoms with E-state index in [1.165, 1.54) is 0 Å². The number of piperidine rings is 1. The Bertz CT molecular complexity index is 633. The molecule has 1 aromatic carbocycles. The van der Waals surface area contributed by atoms with E-state index in [0.29, 0.717) is 34.5 Å². The number of hydrogen-bond donors (Lipinski definition) is 1. The van der Waals surface area contributed by atoms with Gasteiger partial charge < -0.3 is 19.5 Å². The van der Waals surface area contributed by atoms with Gasteiger partial charge >= 0.3 is 5.97 Å². The molecule has 1 aromatic rings. The molecule has 2 aliphatic heterocycles. The second kappa shape index (κ2) is 6.78. The summed E-state index contributed by atoms with van der Waals surface area (Å²) < 4.78 is 11.4. The van der Waals surface area contributed by atoms with E-state index in [-0.39, 0.29) is 25.2 Å². The van der Waals surface area contributed by atoms with Gasteiger partial charge in [0.05, 0.1) is 4.47 Å². The van der Waals surface area contributed by atoms with Crippen LogP contribution in [-0.2, 0) is 4.79 Å². The molecule has 1 unspecified atom stereocenters. The van der Waals surface area contributed by atoms with Crippen LogP contribution in [0, 0.1) is 0 Å².